The molecule has 1 amide bonds. The molecule has 150 valence electrons. The van der Waals surface area contributed by atoms with Crippen molar-refractivity contribution in [2.45, 2.75) is 38.1 Å². The standard InChI is InChI=1S/C25H24N4O/c30-25(28-21-9-5-2-6-10-21)22-17-27-29-23(15-16-26-24(22)29)20-13-11-19(12-14-20)18-7-3-1-4-8-18/h1,3-4,7-8,11-17,21H,2,5-6,9-10H2,(H,28,30). The smallest absolute Gasteiger partial charge is 0.256 e. The van der Waals surface area contributed by atoms with Crippen LogP contribution in [0.15, 0.2) is 73.1 Å². The molecule has 1 aliphatic carbocycles. The Morgan fingerprint density at radius 2 is 1.57 bits per heavy atom. The predicted octanol–water partition coefficient (Wildman–Crippen LogP) is 5.13. The number of nitrogens with one attached hydrogen (secondary N) is 1. The Morgan fingerprint density at radius 3 is 2.33 bits per heavy atom. The molecule has 0 bridgehead atoms. The van der Waals surface area contributed by atoms with E-state index >= 15 is 0 Å². The molecule has 5 heteroatoms. The minimum Gasteiger partial charge on any atom is -0.349 e. The van der Waals surface area contributed by atoms with Crippen LogP contribution in [0.3, 0.4) is 0 Å². The van der Waals surface area contributed by atoms with Gasteiger partial charge >= 0.3 is 0 Å². The Bertz CT molecular complexity index is 1160. The summed E-state index contributed by atoms with van der Waals surface area (Å²) < 4.78 is 1.76. The van der Waals surface area contributed by atoms with E-state index in [1.165, 1.54) is 24.8 Å². The van der Waals surface area contributed by atoms with Gasteiger partial charge in [-0.25, -0.2) is 9.50 Å². The number of hydrogen-bond acceptors (Lipinski definition) is 3. The van der Waals surface area contributed by atoms with Crippen molar-refractivity contribution >= 4 is 11.6 Å². The highest BCUT2D eigenvalue weighted by atomic mass is 16.1. The maximum absolute atomic E-state index is 12.8. The van der Waals surface area contributed by atoms with Crippen LogP contribution >= 0.6 is 0 Å². The minimum absolute atomic E-state index is 0.0824. The molecule has 0 radical (unpaired) electrons. The number of aromatic nitrogens is 3. The zero-order valence-electron chi connectivity index (χ0n) is 16.8. The van der Waals surface area contributed by atoms with E-state index in [2.05, 4.69) is 51.8 Å². The molecular formula is C25H24N4O. The molecule has 2 aromatic heterocycles. The van der Waals surface area contributed by atoms with E-state index in [1.807, 2.05) is 24.3 Å². The molecule has 5 nitrogen and oxygen atoms in total. The van der Waals surface area contributed by atoms with Gasteiger partial charge in [-0.2, -0.15) is 5.10 Å². The van der Waals surface area contributed by atoms with Gasteiger partial charge in [-0.3, -0.25) is 4.79 Å². The van der Waals surface area contributed by atoms with Gasteiger partial charge in [-0.15, -0.1) is 0 Å². The van der Waals surface area contributed by atoms with Gasteiger partial charge in [0.25, 0.3) is 5.91 Å². The van der Waals surface area contributed by atoms with Crippen molar-refractivity contribution in [3.63, 3.8) is 0 Å². The largest absolute Gasteiger partial charge is 0.349 e. The Labute approximate surface area is 175 Å². The third kappa shape index (κ3) is 3.59. The molecule has 30 heavy (non-hydrogen) atoms. The van der Waals surface area contributed by atoms with Crippen molar-refractivity contribution in [1.29, 1.82) is 0 Å². The molecule has 4 aromatic rings. The lowest BCUT2D eigenvalue weighted by Gasteiger charge is -2.22. The highest BCUT2D eigenvalue weighted by Crippen LogP contribution is 2.26. The Balaban J connectivity index is 1.44. The van der Waals surface area contributed by atoms with Crippen LogP contribution in [0.2, 0.25) is 0 Å². The molecule has 0 saturated heterocycles. The van der Waals surface area contributed by atoms with E-state index in [-0.39, 0.29) is 11.9 Å². The van der Waals surface area contributed by atoms with Crippen LogP contribution in [-0.4, -0.2) is 26.5 Å². The maximum atomic E-state index is 12.8. The molecule has 0 aliphatic heterocycles. The summed E-state index contributed by atoms with van der Waals surface area (Å²) in [6.07, 6.45) is 9.10. The molecule has 1 N–H and O–H groups in total. The fourth-order valence-corrected chi connectivity index (χ4v) is 4.24. The summed E-state index contributed by atoms with van der Waals surface area (Å²) in [5.41, 5.74) is 5.42. The molecule has 2 heterocycles. The van der Waals surface area contributed by atoms with Crippen molar-refractivity contribution in [2.24, 2.45) is 0 Å². The van der Waals surface area contributed by atoms with E-state index in [1.54, 1.807) is 16.9 Å². The second kappa shape index (κ2) is 8.11. The molecule has 1 fully saturated rings. The quantitative estimate of drug-likeness (QED) is 0.520. The summed E-state index contributed by atoms with van der Waals surface area (Å²) >= 11 is 0. The second-order valence-electron chi connectivity index (χ2n) is 7.88. The molecule has 0 atom stereocenters. The van der Waals surface area contributed by atoms with Crippen molar-refractivity contribution in [2.75, 3.05) is 0 Å². The zero-order valence-corrected chi connectivity index (χ0v) is 16.8. The molecule has 1 aliphatic rings. The molecular weight excluding hydrogens is 372 g/mol. The van der Waals surface area contributed by atoms with Gasteiger partial charge < -0.3 is 5.32 Å². The highest BCUT2D eigenvalue weighted by Gasteiger charge is 2.20. The summed E-state index contributed by atoms with van der Waals surface area (Å²) in [5.74, 6) is -0.0824. The normalized spacial score (nSPS) is 14.7. The van der Waals surface area contributed by atoms with E-state index in [0.717, 1.165) is 29.7 Å². The molecule has 0 spiro atoms. The van der Waals surface area contributed by atoms with Gasteiger partial charge in [0.05, 0.1) is 11.9 Å². The number of carbonyl (C=O) groups excluding carboxylic acids is 1. The van der Waals surface area contributed by atoms with Crippen LogP contribution in [0.4, 0.5) is 0 Å². The number of carbonyl (C=O) groups is 1. The molecule has 5 rings (SSSR count). The first-order valence-corrected chi connectivity index (χ1v) is 10.6. The maximum Gasteiger partial charge on any atom is 0.256 e. The Kier molecular flexibility index (Phi) is 5.01. The third-order valence-electron chi connectivity index (χ3n) is 5.87. The Morgan fingerprint density at radius 1 is 0.867 bits per heavy atom. The number of benzene rings is 2. The number of hydrogen-bond donors (Lipinski definition) is 1. The molecule has 0 unspecified atom stereocenters. The van der Waals surface area contributed by atoms with Crippen LogP contribution in [0.1, 0.15) is 42.5 Å². The molecule has 2 aromatic carbocycles. The van der Waals surface area contributed by atoms with Gasteiger partial charge in [0, 0.05) is 17.8 Å². The number of fused-ring (bicyclic) bond motifs is 1. The van der Waals surface area contributed by atoms with Crippen molar-refractivity contribution in [1.82, 2.24) is 19.9 Å². The van der Waals surface area contributed by atoms with Crippen molar-refractivity contribution < 1.29 is 4.79 Å². The van der Waals surface area contributed by atoms with E-state index in [0.29, 0.717) is 11.2 Å². The van der Waals surface area contributed by atoms with Gasteiger partial charge in [0.1, 0.15) is 5.56 Å². The topological polar surface area (TPSA) is 59.3 Å². The number of rotatable bonds is 4. The van der Waals surface area contributed by atoms with E-state index < -0.39 is 0 Å². The first kappa shape index (κ1) is 18.6. The van der Waals surface area contributed by atoms with Crippen LogP contribution in [0.25, 0.3) is 28.0 Å². The zero-order chi connectivity index (χ0) is 20.3. The lowest BCUT2D eigenvalue weighted by Crippen LogP contribution is -2.36. The van der Waals surface area contributed by atoms with Gasteiger partial charge in [0.2, 0.25) is 0 Å². The summed E-state index contributed by atoms with van der Waals surface area (Å²) in [6, 6.07) is 20.9. The highest BCUT2D eigenvalue weighted by molar-refractivity contribution is 6.00. The van der Waals surface area contributed by atoms with Crippen LogP contribution in [-0.2, 0) is 0 Å². The summed E-state index contributed by atoms with van der Waals surface area (Å²) in [6.45, 7) is 0. The number of amides is 1. The predicted molar refractivity (Wildman–Crippen MR) is 118 cm³/mol. The van der Waals surface area contributed by atoms with Crippen LogP contribution in [0.5, 0.6) is 0 Å². The first-order valence-electron chi connectivity index (χ1n) is 10.6. The second-order valence-corrected chi connectivity index (χ2v) is 7.88. The SMILES string of the molecule is O=C(NC1CCCCC1)c1cnn2c(-c3ccc(-c4ccccc4)cc3)ccnc12. The van der Waals surface area contributed by atoms with Gasteiger partial charge in [-0.05, 0) is 30.0 Å². The Hall–Kier alpha value is -3.47. The summed E-state index contributed by atoms with van der Waals surface area (Å²) in [5, 5.41) is 7.65. The van der Waals surface area contributed by atoms with Crippen molar-refractivity contribution in [3.8, 4) is 22.4 Å². The molecule has 1 saturated carbocycles. The van der Waals surface area contributed by atoms with E-state index in [9.17, 15) is 4.79 Å². The summed E-state index contributed by atoms with van der Waals surface area (Å²) in [4.78, 5) is 17.3. The van der Waals surface area contributed by atoms with Crippen molar-refractivity contribution in [3.05, 3.63) is 78.6 Å². The fourth-order valence-electron chi connectivity index (χ4n) is 4.24. The first-order chi connectivity index (χ1) is 14.8. The lowest BCUT2D eigenvalue weighted by atomic mass is 9.95. The average molecular weight is 396 g/mol. The average Bonchev–Trinajstić information content (AvgIpc) is 3.25. The van der Waals surface area contributed by atoms with Gasteiger partial charge in [0.15, 0.2) is 5.65 Å². The summed E-state index contributed by atoms with van der Waals surface area (Å²) in [7, 11) is 0. The van der Waals surface area contributed by atoms with Crippen LogP contribution in [0, 0.1) is 0 Å². The third-order valence-corrected chi connectivity index (χ3v) is 5.87. The lowest BCUT2D eigenvalue weighted by molar-refractivity contribution is 0.0929. The fraction of sp³-hybridized carbons (Fsp3) is 0.240. The monoisotopic (exact) mass is 396 g/mol. The van der Waals surface area contributed by atoms with Crippen LogP contribution < -0.4 is 5.32 Å². The minimum atomic E-state index is -0.0824. The van der Waals surface area contributed by atoms with Gasteiger partial charge in [-0.1, -0.05) is 73.9 Å². The van der Waals surface area contributed by atoms with E-state index in [4.69, 9.17) is 0 Å². The number of nitrogens with zero attached hydrogens (tertiary/aromatic N) is 3.